The molecule has 2 nitrogen and oxygen atoms in total. The highest BCUT2D eigenvalue weighted by molar-refractivity contribution is 6.09. The van der Waals surface area contributed by atoms with Gasteiger partial charge in [-0.25, -0.2) is 0 Å². The van der Waals surface area contributed by atoms with Crippen LogP contribution in [0.3, 0.4) is 0 Å². The Morgan fingerprint density at radius 1 is 0.464 bits per heavy atom. The van der Waals surface area contributed by atoms with Crippen LogP contribution in [0, 0.1) is 12.1 Å². The third-order valence-corrected chi connectivity index (χ3v) is 5.14. The molecular weight excluding hydrogens is 344 g/mol. The van der Waals surface area contributed by atoms with Crippen molar-refractivity contribution in [1.82, 2.24) is 0 Å². The summed E-state index contributed by atoms with van der Waals surface area (Å²) in [4.78, 5) is 0. The summed E-state index contributed by atoms with van der Waals surface area (Å²) < 4.78 is 12.3. The second-order valence-electron chi connectivity index (χ2n) is 6.77. The maximum atomic E-state index is 6.17. The molecule has 0 saturated carbocycles. The van der Waals surface area contributed by atoms with Crippen LogP contribution < -0.4 is 9.47 Å². The smallest absolute Gasteiger partial charge is 0.112 e. The fourth-order valence-electron chi connectivity index (χ4n) is 3.95. The predicted octanol–water partition coefficient (Wildman–Crippen LogP) is 6.51. The molecule has 0 fully saturated rings. The zero-order valence-corrected chi connectivity index (χ0v) is 14.9. The summed E-state index contributed by atoms with van der Waals surface area (Å²) in [6.45, 7) is 0. The Morgan fingerprint density at radius 2 is 0.893 bits per heavy atom. The van der Waals surface area contributed by atoms with E-state index in [0.29, 0.717) is 0 Å². The molecule has 6 rings (SSSR count). The Labute approximate surface area is 163 Å². The summed E-state index contributed by atoms with van der Waals surface area (Å²) >= 11 is 0. The fraction of sp³-hybridized carbons (Fsp3) is 0. The Bertz CT molecular complexity index is 1070. The van der Waals surface area contributed by atoms with Crippen molar-refractivity contribution in [2.45, 2.75) is 0 Å². The fourth-order valence-corrected chi connectivity index (χ4v) is 3.95. The van der Waals surface area contributed by atoms with Crippen molar-refractivity contribution in [3.05, 3.63) is 119 Å². The predicted molar refractivity (Wildman–Crippen MR) is 109 cm³/mol. The molecule has 0 N–H and O–H groups in total. The van der Waals surface area contributed by atoms with Gasteiger partial charge in [0.05, 0.1) is 0 Å². The molecule has 4 aromatic carbocycles. The van der Waals surface area contributed by atoms with E-state index in [1.165, 1.54) is 0 Å². The van der Waals surface area contributed by atoms with Gasteiger partial charge in [-0.2, -0.15) is 0 Å². The van der Waals surface area contributed by atoms with Crippen LogP contribution in [0.25, 0.3) is 11.1 Å². The summed E-state index contributed by atoms with van der Waals surface area (Å²) in [6.07, 6.45) is 0. The molecule has 0 aliphatic carbocycles. The van der Waals surface area contributed by atoms with Gasteiger partial charge in [0.25, 0.3) is 0 Å². The minimum absolute atomic E-state index is 0.810. The van der Waals surface area contributed by atoms with Gasteiger partial charge in [0, 0.05) is 11.5 Å². The molecule has 0 amide bonds. The molecule has 0 saturated heterocycles. The van der Waals surface area contributed by atoms with Crippen molar-refractivity contribution in [2.24, 2.45) is 0 Å². The van der Waals surface area contributed by atoms with Gasteiger partial charge >= 0.3 is 0 Å². The molecule has 0 radical (unpaired) electrons. The van der Waals surface area contributed by atoms with Gasteiger partial charge in [-0.1, -0.05) is 36.4 Å². The number of hydrogen-bond donors (Lipinski definition) is 0. The number of fused-ring (bicyclic) bond motifs is 4. The molecule has 0 spiro atoms. The molecule has 2 heterocycles. The number of para-hydroxylation sites is 2. The molecule has 2 heteroatoms. The third-order valence-electron chi connectivity index (χ3n) is 5.14. The van der Waals surface area contributed by atoms with Crippen LogP contribution in [0.2, 0.25) is 0 Å². The van der Waals surface area contributed by atoms with Gasteiger partial charge in [-0.3, -0.25) is 0 Å². The zero-order chi connectivity index (χ0) is 18.5. The van der Waals surface area contributed by atoms with E-state index >= 15 is 0 Å². The Balaban J connectivity index is 1.80. The maximum Gasteiger partial charge on any atom is 0.112 e. The lowest BCUT2D eigenvalue weighted by Crippen LogP contribution is -2.09. The molecule has 4 aromatic rings. The molecule has 28 heavy (non-hydrogen) atoms. The van der Waals surface area contributed by atoms with E-state index in [2.05, 4.69) is 24.3 Å². The van der Waals surface area contributed by atoms with Crippen molar-refractivity contribution < 1.29 is 9.47 Å². The first-order chi connectivity index (χ1) is 13.9. The van der Waals surface area contributed by atoms with Crippen LogP contribution in [-0.2, 0) is 0 Å². The van der Waals surface area contributed by atoms with Crippen LogP contribution in [0.5, 0.6) is 23.0 Å². The van der Waals surface area contributed by atoms with Crippen molar-refractivity contribution in [3.63, 3.8) is 0 Å². The van der Waals surface area contributed by atoms with Crippen molar-refractivity contribution in [2.75, 3.05) is 0 Å². The summed E-state index contributed by atoms with van der Waals surface area (Å²) in [5, 5.41) is 0. The topological polar surface area (TPSA) is 18.5 Å². The lowest BCUT2D eigenvalue weighted by molar-refractivity contribution is 0.471. The van der Waals surface area contributed by atoms with Crippen LogP contribution in [-0.4, -0.2) is 0 Å². The number of ether oxygens (including phenoxy) is 2. The second-order valence-corrected chi connectivity index (χ2v) is 6.77. The van der Waals surface area contributed by atoms with E-state index < -0.39 is 0 Å². The zero-order valence-electron chi connectivity index (χ0n) is 14.9. The number of benzene rings is 4. The minimum Gasteiger partial charge on any atom is -0.502 e. The first kappa shape index (κ1) is 15.3. The van der Waals surface area contributed by atoms with E-state index in [-0.39, 0.29) is 0 Å². The van der Waals surface area contributed by atoms with Crippen LogP contribution in [0.4, 0.5) is 0 Å². The maximum absolute atomic E-state index is 6.17. The van der Waals surface area contributed by atoms with Gasteiger partial charge in [0.15, 0.2) is 0 Å². The molecule has 2 aliphatic rings. The normalized spacial score (nSPS) is 16.0. The van der Waals surface area contributed by atoms with Crippen LogP contribution in [0.15, 0.2) is 84.9 Å². The largest absolute Gasteiger partial charge is 0.502 e. The molecular formula is C26H14O2-2. The van der Waals surface area contributed by atoms with E-state index in [1.807, 2.05) is 72.8 Å². The Kier molecular flexibility index (Phi) is 3.20. The van der Waals surface area contributed by atoms with Crippen LogP contribution >= 0.6 is 0 Å². The summed E-state index contributed by atoms with van der Waals surface area (Å²) in [6, 6.07) is 34.8. The standard InChI is InChI=1S/C26H14O2/c1-5-13-21-17(9-1)25(18-10-2-6-14-22(18)27-21)26-19-11-3-7-15-23(19)28-24-16-8-4-12-20(24)26/h1-9,11,13-16H/q-2. The Hall–Kier alpha value is -3.78. The molecule has 132 valence electrons. The van der Waals surface area contributed by atoms with E-state index in [1.54, 1.807) is 0 Å². The third kappa shape index (κ3) is 2.15. The summed E-state index contributed by atoms with van der Waals surface area (Å²) in [5.74, 6) is 3.31. The number of rotatable bonds is 0. The van der Waals surface area contributed by atoms with Gasteiger partial charge in [-0.15, -0.1) is 70.8 Å². The first-order valence-electron chi connectivity index (χ1n) is 9.21. The second kappa shape index (κ2) is 5.86. The average molecular weight is 358 g/mol. The lowest BCUT2D eigenvalue weighted by atomic mass is 9.82. The van der Waals surface area contributed by atoms with Crippen molar-refractivity contribution in [3.8, 4) is 23.0 Å². The number of hydrogen-bond acceptors (Lipinski definition) is 2. The Morgan fingerprint density at radius 3 is 1.39 bits per heavy atom. The van der Waals surface area contributed by atoms with E-state index in [0.717, 1.165) is 56.4 Å². The highest BCUT2D eigenvalue weighted by Gasteiger charge is 2.22. The van der Waals surface area contributed by atoms with Gasteiger partial charge in [0.2, 0.25) is 0 Å². The molecule has 0 aromatic heterocycles. The molecule has 0 atom stereocenters. The first-order valence-corrected chi connectivity index (χ1v) is 9.21. The molecule has 0 bridgehead atoms. The summed E-state index contributed by atoms with van der Waals surface area (Å²) in [7, 11) is 0. The minimum atomic E-state index is 0.810. The van der Waals surface area contributed by atoms with E-state index in [9.17, 15) is 0 Å². The van der Waals surface area contributed by atoms with Gasteiger partial charge in [-0.05, 0) is 23.3 Å². The molecule has 0 unspecified atom stereocenters. The van der Waals surface area contributed by atoms with Crippen LogP contribution in [0.1, 0.15) is 22.3 Å². The van der Waals surface area contributed by atoms with Gasteiger partial charge < -0.3 is 9.47 Å². The summed E-state index contributed by atoms with van der Waals surface area (Å²) in [5.41, 5.74) is 6.20. The van der Waals surface area contributed by atoms with Crippen molar-refractivity contribution >= 4 is 11.1 Å². The highest BCUT2D eigenvalue weighted by Crippen LogP contribution is 2.52. The monoisotopic (exact) mass is 358 g/mol. The average Bonchev–Trinajstić information content (AvgIpc) is 2.76. The van der Waals surface area contributed by atoms with Crippen molar-refractivity contribution in [1.29, 1.82) is 0 Å². The van der Waals surface area contributed by atoms with Gasteiger partial charge in [0.1, 0.15) is 11.5 Å². The van der Waals surface area contributed by atoms with E-state index in [4.69, 9.17) is 9.47 Å². The lowest BCUT2D eigenvalue weighted by Gasteiger charge is -2.37. The highest BCUT2D eigenvalue weighted by atomic mass is 16.5. The molecule has 2 aliphatic heterocycles. The quantitative estimate of drug-likeness (QED) is 0.288. The SMILES string of the molecule is [c-]1cccc2c1C(=C1c3[c-]cccc3Oc3ccccc31)c1ccccc1O2.